The largest absolute Gasteiger partial charge is 0.494 e. The van der Waals surface area contributed by atoms with E-state index in [-0.39, 0.29) is 11.7 Å². The Morgan fingerprint density at radius 2 is 2.27 bits per heavy atom. The van der Waals surface area contributed by atoms with Crippen LogP contribution in [0.25, 0.3) is 10.9 Å². The van der Waals surface area contributed by atoms with E-state index in [0.29, 0.717) is 29.5 Å². The summed E-state index contributed by atoms with van der Waals surface area (Å²) in [5, 5.41) is 13.5. The molecule has 0 unspecified atom stereocenters. The van der Waals surface area contributed by atoms with Crippen molar-refractivity contribution in [2.45, 2.75) is 18.5 Å². The van der Waals surface area contributed by atoms with Gasteiger partial charge in [0.1, 0.15) is 22.6 Å². The molecule has 0 saturated heterocycles. The van der Waals surface area contributed by atoms with Crippen LogP contribution in [0.2, 0.25) is 0 Å². The number of carbonyl (C=O) groups excluding carboxylic acids is 1. The molecule has 0 bridgehead atoms. The van der Waals surface area contributed by atoms with E-state index in [1.54, 1.807) is 24.5 Å². The van der Waals surface area contributed by atoms with Crippen LogP contribution in [-0.4, -0.2) is 23.3 Å². The maximum atomic E-state index is 12.0. The Labute approximate surface area is 155 Å². The zero-order valence-electron chi connectivity index (χ0n) is 14.2. The Morgan fingerprint density at radius 1 is 1.38 bits per heavy atom. The minimum Gasteiger partial charge on any atom is -0.494 e. The Balaban J connectivity index is 1.71. The Morgan fingerprint density at radius 3 is 3.00 bits per heavy atom. The number of hydrogen-bond acceptors (Lipinski definition) is 6. The molecule has 6 nitrogen and oxygen atoms in total. The number of benzene rings is 1. The normalized spacial score (nSPS) is 10.5. The SMILES string of the molecule is CCOc1ccc2cc(C#N)c(SCC(=O)NCc3ccco3)nc2c1. The zero-order chi connectivity index (χ0) is 18.4. The summed E-state index contributed by atoms with van der Waals surface area (Å²) in [5.41, 5.74) is 1.18. The van der Waals surface area contributed by atoms with E-state index < -0.39 is 0 Å². The standard InChI is InChI=1S/C19H17N3O3S/c1-2-24-15-6-5-13-8-14(10-20)19(22-17(13)9-15)26-12-18(23)21-11-16-4-3-7-25-16/h3-9H,2,11-12H2,1H3,(H,21,23). The van der Waals surface area contributed by atoms with E-state index in [4.69, 9.17) is 9.15 Å². The number of ether oxygens (including phenoxy) is 1. The molecule has 3 rings (SSSR count). The highest BCUT2D eigenvalue weighted by molar-refractivity contribution is 8.00. The van der Waals surface area contributed by atoms with Crippen LogP contribution in [-0.2, 0) is 11.3 Å². The first-order valence-electron chi connectivity index (χ1n) is 8.09. The van der Waals surface area contributed by atoms with Gasteiger partial charge in [0.2, 0.25) is 5.91 Å². The lowest BCUT2D eigenvalue weighted by Gasteiger charge is -2.08. The van der Waals surface area contributed by atoms with Crippen molar-refractivity contribution >= 4 is 28.6 Å². The number of aromatic nitrogens is 1. The number of thioether (sulfide) groups is 1. The first kappa shape index (κ1) is 17.8. The molecular weight excluding hydrogens is 350 g/mol. The molecule has 0 aliphatic heterocycles. The molecule has 1 amide bonds. The quantitative estimate of drug-likeness (QED) is 0.643. The molecule has 0 aliphatic carbocycles. The van der Waals surface area contributed by atoms with E-state index in [1.807, 2.05) is 25.1 Å². The third-order valence-corrected chi connectivity index (χ3v) is 4.56. The molecule has 2 heterocycles. The van der Waals surface area contributed by atoms with Crippen LogP contribution in [0.1, 0.15) is 18.2 Å². The maximum Gasteiger partial charge on any atom is 0.230 e. The second kappa shape index (κ2) is 8.41. The summed E-state index contributed by atoms with van der Waals surface area (Å²) in [5.74, 6) is 1.43. The second-order valence-electron chi connectivity index (χ2n) is 5.39. The number of nitrogens with one attached hydrogen (secondary N) is 1. The van der Waals surface area contributed by atoms with Crippen molar-refractivity contribution in [3.05, 3.63) is 54.0 Å². The van der Waals surface area contributed by atoms with Crippen molar-refractivity contribution in [3.8, 4) is 11.8 Å². The highest BCUT2D eigenvalue weighted by Gasteiger charge is 2.11. The van der Waals surface area contributed by atoms with E-state index in [1.165, 1.54) is 11.8 Å². The summed E-state index contributed by atoms with van der Waals surface area (Å²) in [6.45, 7) is 2.82. The molecule has 7 heteroatoms. The molecule has 0 fully saturated rings. The fraction of sp³-hybridized carbons (Fsp3) is 0.211. The van der Waals surface area contributed by atoms with Gasteiger partial charge in [-0.2, -0.15) is 5.26 Å². The first-order valence-corrected chi connectivity index (χ1v) is 9.07. The third-order valence-electron chi connectivity index (χ3n) is 3.57. The zero-order valence-corrected chi connectivity index (χ0v) is 15.0. The van der Waals surface area contributed by atoms with Crippen molar-refractivity contribution in [1.82, 2.24) is 10.3 Å². The summed E-state index contributed by atoms with van der Waals surface area (Å²) in [7, 11) is 0. The van der Waals surface area contributed by atoms with Crippen LogP contribution in [0.3, 0.4) is 0 Å². The molecule has 0 atom stereocenters. The van der Waals surface area contributed by atoms with E-state index in [2.05, 4.69) is 16.4 Å². The fourth-order valence-electron chi connectivity index (χ4n) is 2.36. The van der Waals surface area contributed by atoms with Gasteiger partial charge < -0.3 is 14.5 Å². The Bertz CT molecular complexity index is 949. The lowest BCUT2D eigenvalue weighted by molar-refractivity contribution is -0.118. The molecule has 132 valence electrons. The molecule has 3 aromatic rings. The number of fused-ring (bicyclic) bond motifs is 1. The van der Waals surface area contributed by atoms with Gasteiger partial charge in [0, 0.05) is 11.5 Å². The van der Waals surface area contributed by atoms with Gasteiger partial charge >= 0.3 is 0 Å². The highest BCUT2D eigenvalue weighted by Crippen LogP contribution is 2.27. The third kappa shape index (κ3) is 4.35. The molecule has 1 aromatic carbocycles. The lowest BCUT2D eigenvalue weighted by Crippen LogP contribution is -2.24. The van der Waals surface area contributed by atoms with Crippen LogP contribution in [0, 0.1) is 11.3 Å². The van der Waals surface area contributed by atoms with Gasteiger partial charge in [-0.3, -0.25) is 4.79 Å². The topological polar surface area (TPSA) is 88.1 Å². The van der Waals surface area contributed by atoms with Crippen molar-refractivity contribution in [1.29, 1.82) is 5.26 Å². The Kier molecular flexibility index (Phi) is 5.77. The number of rotatable bonds is 7. The van der Waals surface area contributed by atoms with Gasteiger partial charge in [-0.1, -0.05) is 11.8 Å². The number of pyridine rings is 1. The summed E-state index contributed by atoms with van der Waals surface area (Å²) in [6.07, 6.45) is 1.56. The minimum atomic E-state index is -0.153. The minimum absolute atomic E-state index is 0.153. The lowest BCUT2D eigenvalue weighted by atomic mass is 10.1. The van der Waals surface area contributed by atoms with E-state index in [0.717, 1.165) is 16.7 Å². The molecular formula is C19H17N3O3S. The van der Waals surface area contributed by atoms with Crippen molar-refractivity contribution in [2.24, 2.45) is 0 Å². The van der Waals surface area contributed by atoms with Crippen LogP contribution in [0.15, 0.2) is 52.1 Å². The number of carbonyl (C=O) groups is 1. The Hall–Kier alpha value is -2.98. The molecule has 0 radical (unpaired) electrons. The molecule has 0 aliphatic rings. The fourth-order valence-corrected chi connectivity index (χ4v) is 3.15. The second-order valence-corrected chi connectivity index (χ2v) is 6.35. The smallest absolute Gasteiger partial charge is 0.230 e. The van der Waals surface area contributed by atoms with E-state index in [9.17, 15) is 10.1 Å². The van der Waals surface area contributed by atoms with Gasteiger partial charge in [0.05, 0.1) is 36.2 Å². The summed E-state index contributed by atoms with van der Waals surface area (Å²) in [4.78, 5) is 16.5. The predicted octanol–water partition coefficient (Wildman–Crippen LogP) is 3.51. The molecule has 2 aromatic heterocycles. The monoisotopic (exact) mass is 367 g/mol. The highest BCUT2D eigenvalue weighted by atomic mass is 32.2. The average Bonchev–Trinajstić information content (AvgIpc) is 3.17. The molecule has 1 N–H and O–H groups in total. The average molecular weight is 367 g/mol. The molecule has 0 saturated carbocycles. The van der Waals surface area contributed by atoms with Crippen LogP contribution < -0.4 is 10.1 Å². The number of furan rings is 1. The van der Waals surface area contributed by atoms with Crippen molar-refractivity contribution < 1.29 is 13.9 Å². The van der Waals surface area contributed by atoms with Gasteiger partial charge in [-0.25, -0.2) is 4.98 Å². The summed E-state index contributed by atoms with van der Waals surface area (Å²) in [6, 6.07) is 13.0. The van der Waals surface area contributed by atoms with Gasteiger partial charge in [-0.05, 0) is 37.3 Å². The van der Waals surface area contributed by atoms with Crippen LogP contribution in [0.4, 0.5) is 0 Å². The maximum absolute atomic E-state index is 12.0. The van der Waals surface area contributed by atoms with Crippen molar-refractivity contribution in [2.75, 3.05) is 12.4 Å². The van der Waals surface area contributed by atoms with E-state index >= 15 is 0 Å². The number of nitrogens with zero attached hydrogens (tertiary/aromatic N) is 2. The first-order chi connectivity index (χ1) is 12.7. The molecule has 26 heavy (non-hydrogen) atoms. The van der Waals surface area contributed by atoms with Gasteiger partial charge in [-0.15, -0.1) is 0 Å². The van der Waals surface area contributed by atoms with Crippen LogP contribution >= 0.6 is 11.8 Å². The summed E-state index contributed by atoms with van der Waals surface area (Å²) < 4.78 is 10.7. The number of amides is 1. The van der Waals surface area contributed by atoms with Gasteiger partial charge in [0.15, 0.2) is 0 Å². The van der Waals surface area contributed by atoms with Crippen LogP contribution in [0.5, 0.6) is 5.75 Å². The molecule has 0 spiro atoms. The number of nitriles is 1. The van der Waals surface area contributed by atoms with Gasteiger partial charge in [0.25, 0.3) is 0 Å². The van der Waals surface area contributed by atoms with Crippen molar-refractivity contribution in [3.63, 3.8) is 0 Å². The summed E-state index contributed by atoms with van der Waals surface area (Å²) >= 11 is 1.23. The number of hydrogen-bond donors (Lipinski definition) is 1. The predicted molar refractivity (Wildman–Crippen MR) is 98.9 cm³/mol.